The van der Waals surface area contributed by atoms with Crippen molar-refractivity contribution in [2.24, 2.45) is 0 Å². The Bertz CT molecular complexity index is 1260. The fourth-order valence-electron chi connectivity index (χ4n) is 4.89. The summed E-state index contributed by atoms with van der Waals surface area (Å²) in [6.07, 6.45) is 6.12. The Balaban J connectivity index is 1.15. The molecular weight excluding hydrogens is 420 g/mol. The van der Waals surface area contributed by atoms with Crippen LogP contribution in [0.1, 0.15) is 32.1 Å². The fraction of sp³-hybridized carbons (Fsp3) is 0.400. The van der Waals surface area contributed by atoms with Crippen molar-refractivity contribution in [3.05, 3.63) is 48.7 Å². The molecule has 6 rings (SSSR count). The largest absolute Gasteiger partial charge is 0.477 e. The van der Waals surface area contributed by atoms with E-state index < -0.39 is 0 Å². The van der Waals surface area contributed by atoms with Crippen molar-refractivity contribution in [1.29, 1.82) is 0 Å². The molecule has 2 atom stereocenters. The van der Waals surface area contributed by atoms with Gasteiger partial charge < -0.3 is 18.8 Å². The van der Waals surface area contributed by atoms with Crippen LogP contribution in [0.5, 0.6) is 5.88 Å². The summed E-state index contributed by atoms with van der Waals surface area (Å²) in [7, 11) is 0. The summed E-state index contributed by atoms with van der Waals surface area (Å²) in [5, 5.41) is 5.67. The van der Waals surface area contributed by atoms with Crippen LogP contribution in [-0.4, -0.2) is 57.3 Å². The van der Waals surface area contributed by atoms with Gasteiger partial charge in [-0.05, 0) is 43.9 Å². The first kappa shape index (κ1) is 20.2. The molecule has 5 heterocycles. The topological polar surface area (TPSA) is 82.1 Å². The number of benzene rings is 1. The number of para-hydroxylation sites is 1. The van der Waals surface area contributed by atoms with Crippen molar-refractivity contribution in [3.8, 4) is 17.3 Å². The highest BCUT2D eigenvalue weighted by Gasteiger charge is 2.34. The second-order valence-electron chi connectivity index (χ2n) is 8.70. The van der Waals surface area contributed by atoms with E-state index in [1.165, 1.54) is 0 Å². The van der Waals surface area contributed by atoms with Crippen LogP contribution in [0, 0.1) is 0 Å². The Morgan fingerprint density at radius 2 is 2.09 bits per heavy atom. The summed E-state index contributed by atoms with van der Waals surface area (Å²) in [6, 6.07) is 13.8. The van der Waals surface area contributed by atoms with Gasteiger partial charge in [-0.1, -0.05) is 18.2 Å². The average Bonchev–Trinajstić information content (AvgIpc) is 3.64. The van der Waals surface area contributed by atoms with Crippen LogP contribution < -0.4 is 4.74 Å². The van der Waals surface area contributed by atoms with Gasteiger partial charge in [0, 0.05) is 37.1 Å². The molecule has 0 spiro atoms. The van der Waals surface area contributed by atoms with Crippen molar-refractivity contribution in [1.82, 2.24) is 19.5 Å². The summed E-state index contributed by atoms with van der Waals surface area (Å²) in [5.74, 6) is 1.37. The second-order valence-corrected chi connectivity index (χ2v) is 8.70. The number of fused-ring (bicyclic) bond motifs is 2. The fourth-order valence-corrected chi connectivity index (χ4v) is 4.89. The SMILES string of the molecule is O=C(C1CCCO1)N1CCC[C@H]1CCOc1ccc2ncc(-c3cc4ccccc4o3)n2n1. The van der Waals surface area contributed by atoms with Crippen LogP contribution in [0.4, 0.5) is 0 Å². The minimum absolute atomic E-state index is 0.142. The Kier molecular flexibility index (Phi) is 5.22. The van der Waals surface area contributed by atoms with Gasteiger partial charge in [0.05, 0.1) is 12.8 Å². The number of furan rings is 1. The lowest BCUT2D eigenvalue weighted by molar-refractivity contribution is -0.141. The number of nitrogens with zero attached hydrogens (tertiary/aromatic N) is 4. The minimum Gasteiger partial charge on any atom is -0.477 e. The molecule has 33 heavy (non-hydrogen) atoms. The van der Waals surface area contributed by atoms with E-state index in [9.17, 15) is 4.79 Å². The number of amides is 1. The van der Waals surface area contributed by atoms with E-state index in [4.69, 9.17) is 13.9 Å². The summed E-state index contributed by atoms with van der Waals surface area (Å²) in [6.45, 7) is 1.99. The molecule has 0 saturated carbocycles. The third-order valence-corrected chi connectivity index (χ3v) is 6.58. The van der Waals surface area contributed by atoms with E-state index in [2.05, 4.69) is 10.1 Å². The number of imidazole rings is 1. The van der Waals surface area contributed by atoms with Crippen molar-refractivity contribution < 1.29 is 18.7 Å². The van der Waals surface area contributed by atoms with E-state index in [0.717, 1.165) is 61.0 Å². The summed E-state index contributed by atoms with van der Waals surface area (Å²) in [5.41, 5.74) is 2.33. The van der Waals surface area contributed by atoms with Crippen molar-refractivity contribution in [2.75, 3.05) is 19.8 Å². The van der Waals surface area contributed by atoms with Crippen LogP contribution >= 0.6 is 0 Å². The molecule has 0 aliphatic carbocycles. The lowest BCUT2D eigenvalue weighted by atomic mass is 10.1. The molecule has 4 aromatic rings. The first-order valence-corrected chi connectivity index (χ1v) is 11.6. The molecule has 2 saturated heterocycles. The van der Waals surface area contributed by atoms with E-state index in [0.29, 0.717) is 24.9 Å². The quantitative estimate of drug-likeness (QED) is 0.444. The maximum absolute atomic E-state index is 12.8. The van der Waals surface area contributed by atoms with Crippen LogP contribution in [0.15, 0.2) is 53.1 Å². The third kappa shape index (κ3) is 3.84. The Labute approximate surface area is 191 Å². The van der Waals surface area contributed by atoms with Crippen molar-refractivity contribution >= 4 is 22.5 Å². The smallest absolute Gasteiger partial charge is 0.251 e. The predicted octanol–water partition coefficient (Wildman–Crippen LogP) is 4.08. The molecule has 8 nitrogen and oxygen atoms in total. The maximum Gasteiger partial charge on any atom is 0.251 e. The molecule has 0 bridgehead atoms. The number of carbonyl (C=O) groups is 1. The lowest BCUT2D eigenvalue weighted by Crippen LogP contribution is -2.42. The molecule has 1 aromatic carbocycles. The number of hydrogen-bond donors (Lipinski definition) is 0. The third-order valence-electron chi connectivity index (χ3n) is 6.58. The molecule has 1 amide bonds. The van der Waals surface area contributed by atoms with Crippen molar-refractivity contribution in [2.45, 2.75) is 44.2 Å². The number of likely N-dealkylation sites (tertiary alicyclic amines) is 1. The second kappa shape index (κ2) is 8.51. The van der Waals surface area contributed by atoms with Crippen LogP contribution in [-0.2, 0) is 9.53 Å². The monoisotopic (exact) mass is 446 g/mol. The summed E-state index contributed by atoms with van der Waals surface area (Å²) in [4.78, 5) is 19.2. The van der Waals surface area contributed by atoms with Gasteiger partial charge in [0.15, 0.2) is 11.4 Å². The van der Waals surface area contributed by atoms with Crippen LogP contribution in [0.25, 0.3) is 28.1 Å². The highest BCUT2D eigenvalue weighted by Crippen LogP contribution is 2.29. The molecule has 2 aliphatic rings. The van der Waals surface area contributed by atoms with Gasteiger partial charge in [0.25, 0.3) is 5.91 Å². The van der Waals surface area contributed by atoms with E-state index in [-0.39, 0.29) is 18.1 Å². The number of carbonyl (C=O) groups excluding carboxylic acids is 1. The standard InChI is InChI=1S/C25H26N4O4/c30-25(21-8-4-13-31-21)28-12-3-6-18(28)11-14-32-24-10-9-23-26-16-19(29(23)27-24)22-15-17-5-1-2-7-20(17)33-22/h1-2,5,7,9-10,15-16,18,21H,3-4,6,8,11-14H2/t18-,21?/m0/s1. The lowest BCUT2D eigenvalue weighted by Gasteiger charge is -2.27. The predicted molar refractivity (Wildman–Crippen MR) is 122 cm³/mol. The van der Waals surface area contributed by atoms with Crippen LogP contribution in [0.3, 0.4) is 0 Å². The van der Waals surface area contributed by atoms with E-state index in [1.54, 1.807) is 10.7 Å². The highest BCUT2D eigenvalue weighted by molar-refractivity contribution is 5.82. The zero-order valence-electron chi connectivity index (χ0n) is 18.4. The molecule has 0 N–H and O–H groups in total. The van der Waals surface area contributed by atoms with Gasteiger partial charge in [0.2, 0.25) is 5.88 Å². The molecule has 3 aromatic heterocycles. The van der Waals surface area contributed by atoms with Crippen LogP contribution in [0.2, 0.25) is 0 Å². The molecular formula is C25H26N4O4. The number of ether oxygens (including phenoxy) is 2. The zero-order valence-corrected chi connectivity index (χ0v) is 18.4. The molecule has 1 unspecified atom stereocenters. The summed E-state index contributed by atoms with van der Waals surface area (Å²) < 4.78 is 19.3. The van der Waals surface area contributed by atoms with Gasteiger partial charge in [-0.25, -0.2) is 9.50 Å². The first-order valence-electron chi connectivity index (χ1n) is 11.6. The zero-order chi connectivity index (χ0) is 22.2. The molecule has 0 radical (unpaired) electrons. The van der Waals surface area contributed by atoms with Gasteiger partial charge >= 0.3 is 0 Å². The van der Waals surface area contributed by atoms with Gasteiger partial charge in [-0.2, -0.15) is 0 Å². The molecule has 170 valence electrons. The Hall–Kier alpha value is -3.39. The van der Waals surface area contributed by atoms with Crippen molar-refractivity contribution in [3.63, 3.8) is 0 Å². The average molecular weight is 447 g/mol. The molecule has 2 aliphatic heterocycles. The Morgan fingerprint density at radius 1 is 1.15 bits per heavy atom. The number of rotatable bonds is 6. The summed E-state index contributed by atoms with van der Waals surface area (Å²) >= 11 is 0. The first-order chi connectivity index (χ1) is 16.3. The molecule has 2 fully saturated rings. The van der Waals surface area contributed by atoms with Gasteiger partial charge in [0.1, 0.15) is 17.4 Å². The van der Waals surface area contributed by atoms with E-state index >= 15 is 0 Å². The van der Waals surface area contributed by atoms with Gasteiger partial charge in [-0.15, -0.1) is 5.10 Å². The van der Waals surface area contributed by atoms with Gasteiger partial charge in [-0.3, -0.25) is 4.79 Å². The highest BCUT2D eigenvalue weighted by atomic mass is 16.5. The Morgan fingerprint density at radius 3 is 2.97 bits per heavy atom. The normalized spacial score (nSPS) is 20.8. The number of aromatic nitrogens is 3. The molecule has 8 heteroatoms. The maximum atomic E-state index is 12.8. The minimum atomic E-state index is -0.256. The van der Waals surface area contributed by atoms with E-state index in [1.807, 2.05) is 47.4 Å². The number of hydrogen-bond acceptors (Lipinski definition) is 6.